The van der Waals surface area contributed by atoms with Crippen LogP contribution in [-0.2, 0) is 0 Å². The first-order valence-corrected chi connectivity index (χ1v) is 23.3. The maximum absolute atomic E-state index is 6.30. The van der Waals surface area contributed by atoms with Crippen molar-refractivity contribution in [1.29, 1.82) is 0 Å². The molecule has 0 aliphatic carbocycles. The third kappa shape index (κ3) is 6.30. The Morgan fingerprint density at radius 3 is 1.14 bits per heavy atom. The van der Waals surface area contributed by atoms with Gasteiger partial charge in [-0.05, 0) is 65.7 Å². The number of hydrogen-bond donors (Lipinski definition) is 0. The van der Waals surface area contributed by atoms with Crippen LogP contribution in [0.3, 0.4) is 0 Å². The standard InChI is InChI=1S/C63H39N5O/c1-3-17-40(18-4-1)45-34-31-43(38-57(45)67-53-26-12-7-21-47(53)48-22-8-13-27-54(48)67)62-64-61(41-19-5-2-6-20-41)65-63(66-62)44-32-35-46(42-33-36-60-52(37-42)51-25-11-16-30-59(51)69-60)58(39-44)68-55-28-14-9-23-49(55)50-24-10-15-29-56(50)68/h1-39H. The Kier molecular flexibility index (Phi) is 8.79. The summed E-state index contributed by atoms with van der Waals surface area (Å²) in [6.07, 6.45) is 0. The van der Waals surface area contributed by atoms with Crippen LogP contribution in [0, 0.1) is 0 Å². The van der Waals surface area contributed by atoms with Crippen LogP contribution >= 0.6 is 0 Å². The van der Waals surface area contributed by atoms with Gasteiger partial charge in [-0.25, -0.2) is 15.0 Å². The average molecular weight is 882 g/mol. The zero-order chi connectivity index (χ0) is 45.4. The molecule has 0 amide bonds. The van der Waals surface area contributed by atoms with E-state index in [0.29, 0.717) is 17.5 Å². The first kappa shape index (κ1) is 38.8. The molecular weight excluding hydrogens is 843 g/mol. The van der Waals surface area contributed by atoms with Gasteiger partial charge in [0, 0.05) is 60.1 Å². The van der Waals surface area contributed by atoms with Gasteiger partial charge < -0.3 is 13.6 Å². The summed E-state index contributed by atoms with van der Waals surface area (Å²) < 4.78 is 11.1. The number of aromatic nitrogens is 5. The number of furan rings is 1. The van der Waals surface area contributed by atoms with Crippen molar-refractivity contribution < 1.29 is 4.42 Å². The topological polar surface area (TPSA) is 61.7 Å². The van der Waals surface area contributed by atoms with Crippen LogP contribution in [0.15, 0.2) is 241 Å². The van der Waals surface area contributed by atoms with E-state index in [1.165, 1.54) is 21.5 Å². The monoisotopic (exact) mass is 881 g/mol. The molecule has 0 radical (unpaired) electrons. The van der Waals surface area contributed by atoms with Crippen molar-refractivity contribution in [3.05, 3.63) is 237 Å². The van der Waals surface area contributed by atoms with Crippen LogP contribution in [0.2, 0.25) is 0 Å². The molecule has 4 aromatic heterocycles. The van der Waals surface area contributed by atoms with Crippen molar-refractivity contribution >= 4 is 65.6 Å². The Labute approximate surface area is 396 Å². The molecule has 10 aromatic carbocycles. The predicted octanol–water partition coefficient (Wildman–Crippen LogP) is 16.3. The summed E-state index contributed by atoms with van der Waals surface area (Å²) in [6.45, 7) is 0. The fourth-order valence-electron chi connectivity index (χ4n) is 10.4. The molecular formula is C63H39N5O. The molecule has 0 bridgehead atoms. The van der Waals surface area contributed by atoms with Gasteiger partial charge in [-0.3, -0.25) is 0 Å². The lowest BCUT2D eigenvalue weighted by molar-refractivity contribution is 0.669. The molecule has 69 heavy (non-hydrogen) atoms. The van der Waals surface area contributed by atoms with E-state index < -0.39 is 0 Å². The van der Waals surface area contributed by atoms with Crippen LogP contribution in [0.1, 0.15) is 0 Å². The summed E-state index contributed by atoms with van der Waals surface area (Å²) in [6, 6.07) is 83.4. The minimum absolute atomic E-state index is 0.578. The molecule has 0 unspecified atom stereocenters. The normalized spacial score (nSPS) is 11.8. The summed E-state index contributed by atoms with van der Waals surface area (Å²) in [4.78, 5) is 16.0. The molecule has 322 valence electrons. The molecule has 0 spiro atoms. The Morgan fingerprint density at radius 1 is 0.261 bits per heavy atom. The van der Waals surface area contributed by atoms with E-state index in [9.17, 15) is 0 Å². The van der Waals surface area contributed by atoms with E-state index in [1.807, 2.05) is 30.3 Å². The summed E-state index contributed by atoms with van der Waals surface area (Å²) in [5.74, 6) is 1.76. The largest absolute Gasteiger partial charge is 0.456 e. The van der Waals surface area contributed by atoms with E-state index in [2.05, 4.69) is 215 Å². The van der Waals surface area contributed by atoms with Crippen molar-refractivity contribution in [1.82, 2.24) is 24.1 Å². The van der Waals surface area contributed by atoms with Gasteiger partial charge in [0.25, 0.3) is 0 Å². The molecule has 4 heterocycles. The number of rotatable bonds is 7. The van der Waals surface area contributed by atoms with Crippen molar-refractivity contribution in [3.63, 3.8) is 0 Å². The summed E-state index contributed by atoms with van der Waals surface area (Å²) in [7, 11) is 0. The van der Waals surface area contributed by atoms with Crippen LogP contribution in [-0.4, -0.2) is 24.1 Å². The van der Waals surface area contributed by atoms with Gasteiger partial charge in [0.05, 0.1) is 33.4 Å². The fraction of sp³-hybridized carbons (Fsp3) is 0. The van der Waals surface area contributed by atoms with E-state index in [0.717, 1.165) is 94.3 Å². The van der Waals surface area contributed by atoms with Crippen molar-refractivity contribution in [2.24, 2.45) is 0 Å². The quantitative estimate of drug-likeness (QED) is 0.160. The zero-order valence-corrected chi connectivity index (χ0v) is 37.2. The molecule has 0 aliphatic heterocycles. The van der Waals surface area contributed by atoms with E-state index in [-0.39, 0.29) is 0 Å². The fourth-order valence-corrected chi connectivity index (χ4v) is 10.4. The Morgan fingerprint density at radius 2 is 0.638 bits per heavy atom. The van der Waals surface area contributed by atoms with Gasteiger partial charge in [-0.15, -0.1) is 0 Å². The van der Waals surface area contributed by atoms with Crippen LogP contribution in [0.4, 0.5) is 0 Å². The van der Waals surface area contributed by atoms with E-state index in [4.69, 9.17) is 19.4 Å². The summed E-state index contributed by atoms with van der Waals surface area (Å²) in [5, 5.41) is 6.95. The number of nitrogens with zero attached hydrogens (tertiary/aromatic N) is 5. The zero-order valence-electron chi connectivity index (χ0n) is 37.2. The third-order valence-corrected chi connectivity index (χ3v) is 13.6. The summed E-state index contributed by atoms with van der Waals surface area (Å²) >= 11 is 0. The van der Waals surface area contributed by atoms with Gasteiger partial charge >= 0.3 is 0 Å². The minimum atomic E-state index is 0.578. The van der Waals surface area contributed by atoms with Crippen LogP contribution < -0.4 is 0 Å². The van der Waals surface area contributed by atoms with Crippen LogP contribution in [0.5, 0.6) is 0 Å². The average Bonchev–Trinajstić information content (AvgIpc) is 4.08. The second-order valence-corrected chi connectivity index (χ2v) is 17.6. The number of benzene rings is 10. The summed E-state index contributed by atoms with van der Waals surface area (Å²) in [5.41, 5.74) is 15.3. The highest BCUT2D eigenvalue weighted by Gasteiger charge is 2.22. The Balaban J connectivity index is 1.01. The maximum Gasteiger partial charge on any atom is 0.164 e. The predicted molar refractivity (Wildman–Crippen MR) is 283 cm³/mol. The van der Waals surface area contributed by atoms with Crippen molar-refractivity contribution in [2.75, 3.05) is 0 Å². The second kappa shape index (κ2) is 15.6. The van der Waals surface area contributed by atoms with Gasteiger partial charge in [0.15, 0.2) is 17.5 Å². The first-order chi connectivity index (χ1) is 34.2. The maximum atomic E-state index is 6.30. The first-order valence-electron chi connectivity index (χ1n) is 23.3. The van der Waals surface area contributed by atoms with Gasteiger partial charge in [-0.1, -0.05) is 182 Å². The molecule has 0 aliphatic rings. The highest BCUT2D eigenvalue weighted by Crippen LogP contribution is 2.42. The molecule has 0 N–H and O–H groups in total. The molecule has 6 heteroatoms. The van der Waals surface area contributed by atoms with E-state index >= 15 is 0 Å². The minimum Gasteiger partial charge on any atom is -0.456 e. The van der Waals surface area contributed by atoms with Gasteiger partial charge in [-0.2, -0.15) is 0 Å². The molecule has 0 atom stereocenters. The third-order valence-electron chi connectivity index (χ3n) is 13.6. The lowest BCUT2D eigenvalue weighted by Gasteiger charge is -2.17. The second-order valence-electron chi connectivity index (χ2n) is 17.6. The molecule has 14 aromatic rings. The molecule has 0 fully saturated rings. The van der Waals surface area contributed by atoms with Gasteiger partial charge in [0.2, 0.25) is 0 Å². The van der Waals surface area contributed by atoms with E-state index in [1.54, 1.807) is 0 Å². The molecule has 6 nitrogen and oxygen atoms in total. The number of hydrogen-bond acceptors (Lipinski definition) is 4. The Hall–Kier alpha value is -9.39. The van der Waals surface area contributed by atoms with Crippen LogP contribution in [0.25, 0.3) is 133 Å². The SMILES string of the molecule is c1ccc(-c2nc(-c3ccc(-c4ccccc4)c(-n4c5ccccc5c5ccccc54)c3)nc(-c3ccc(-c4ccc5oc6ccccc6c5c4)c(-n4c5ccccc5c5ccccc54)c3)n2)cc1. The number of para-hydroxylation sites is 5. The smallest absolute Gasteiger partial charge is 0.164 e. The highest BCUT2D eigenvalue weighted by molar-refractivity contribution is 6.12. The lowest BCUT2D eigenvalue weighted by atomic mass is 9.98. The Bertz CT molecular complexity index is 4210. The van der Waals surface area contributed by atoms with Crippen molar-refractivity contribution in [2.45, 2.75) is 0 Å². The lowest BCUT2D eigenvalue weighted by Crippen LogP contribution is -2.03. The number of fused-ring (bicyclic) bond motifs is 9. The highest BCUT2D eigenvalue weighted by atomic mass is 16.3. The van der Waals surface area contributed by atoms with Crippen molar-refractivity contribution in [3.8, 4) is 67.8 Å². The molecule has 0 saturated carbocycles. The molecule has 0 saturated heterocycles. The molecule has 14 rings (SSSR count). The van der Waals surface area contributed by atoms with Gasteiger partial charge in [0.1, 0.15) is 11.2 Å².